The summed E-state index contributed by atoms with van der Waals surface area (Å²) in [6.45, 7) is 6.68. The van der Waals surface area contributed by atoms with Crippen LogP contribution in [0.4, 0.5) is 11.6 Å². The Hall–Kier alpha value is -2.05. The standard InChI is InChI=1S/C16H21N5O/c1-12(2)21-9-10-22-11-13(21)16-18-8-6-15(20-16)19-14-5-3-4-7-17-14/h3-8,12-13H,9-11H2,1-2H3,(H,17,18,19,20). The van der Waals surface area contributed by atoms with Crippen LogP contribution in [0.5, 0.6) is 0 Å². The Labute approximate surface area is 130 Å². The van der Waals surface area contributed by atoms with Crippen LogP contribution in [-0.2, 0) is 4.74 Å². The fourth-order valence-corrected chi connectivity index (χ4v) is 2.63. The van der Waals surface area contributed by atoms with E-state index >= 15 is 0 Å². The van der Waals surface area contributed by atoms with E-state index < -0.39 is 0 Å². The van der Waals surface area contributed by atoms with Crippen molar-refractivity contribution in [1.82, 2.24) is 19.9 Å². The molecular formula is C16H21N5O. The number of hydrogen-bond acceptors (Lipinski definition) is 6. The summed E-state index contributed by atoms with van der Waals surface area (Å²) in [6, 6.07) is 8.11. The molecular weight excluding hydrogens is 278 g/mol. The molecule has 3 heterocycles. The number of pyridine rings is 1. The van der Waals surface area contributed by atoms with Crippen molar-refractivity contribution in [3.63, 3.8) is 0 Å². The lowest BCUT2D eigenvalue weighted by Crippen LogP contribution is -2.44. The maximum absolute atomic E-state index is 5.62. The van der Waals surface area contributed by atoms with Gasteiger partial charge >= 0.3 is 0 Å². The van der Waals surface area contributed by atoms with E-state index in [2.05, 4.69) is 39.0 Å². The van der Waals surface area contributed by atoms with Gasteiger partial charge in [-0.1, -0.05) is 6.07 Å². The van der Waals surface area contributed by atoms with E-state index in [4.69, 9.17) is 4.74 Å². The first kappa shape index (κ1) is 14.9. The summed E-state index contributed by atoms with van der Waals surface area (Å²) in [5.74, 6) is 2.31. The second-order valence-electron chi connectivity index (χ2n) is 5.56. The van der Waals surface area contributed by atoms with Crippen LogP contribution in [0.2, 0.25) is 0 Å². The summed E-state index contributed by atoms with van der Waals surface area (Å²) in [4.78, 5) is 15.7. The third-order valence-electron chi connectivity index (χ3n) is 3.73. The topological polar surface area (TPSA) is 63.2 Å². The second kappa shape index (κ2) is 6.81. The van der Waals surface area contributed by atoms with Gasteiger partial charge in [0.05, 0.1) is 19.3 Å². The molecule has 22 heavy (non-hydrogen) atoms. The summed E-state index contributed by atoms with van der Waals surface area (Å²) < 4.78 is 5.62. The number of anilines is 2. The highest BCUT2D eigenvalue weighted by atomic mass is 16.5. The van der Waals surface area contributed by atoms with Crippen LogP contribution in [0.1, 0.15) is 25.7 Å². The summed E-state index contributed by atoms with van der Waals surface area (Å²) in [6.07, 6.45) is 3.53. The number of nitrogens with one attached hydrogen (secondary N) is 1. The zero-order valence-electron chi connectivity index (χ0n) is 12.9. The molecule has 0 aromatic carbocycles. The van der Waals surface area contributed by atoms with Gasteiger partial charge in [0.1, 0.15) is 17.5 Å². The fourth-order valence-electron chi connectivity index (χ4n) is 2.63. The number of hydrogen-bond donors (Lipinski definition) is 1. The highest BCUT2D eigenvalue weighted by molar-refractivity contribution is 5.50. The van der Waals surface area contributed by atoms with Gasteiger partial charge in [0.25, 0.3) is 0 Å². The zero-order valence-corrected chi connectivity index (χ0v) is 12.9. The van der Waals surface area contributed by atoms with Gasteiger partial charge in [0.15, 0.2) is 0 Å². The maximum Gasteiger partial charge on any atom is 0.150 e. The Kier molecular flexibility index (Phi) is 4.60. The molecule has 1 fully saturated rings. The SMILES string of the molecule is CC(C)N1CCOCC1c1nccc(Nc2ccccn2)n1. The Balaban J connectivity index is 1.81. The predicted octanol–water partition coefficient (Wildman–Crippen LogP) is 2.40. The molecule has 0 saturated carbocycles. The molecule has 1 atom stereocenters. The minimum atomic E-state index is 0.0965. The molecule has 0 bridgehead atoms. The van der Waals surface area contributed by atoms with Crippen LogP contribution < -0.4 is 5.32 Å². The normalized spacial score (nSPS) is 19.3. The lowest BCUT2D eigenvalue weighted by molar-refractivity contribution is -0.0264. The minimum Gasteiger partial charge on any atom is -0.378 e. The molecule has 116 valence electrons. The number of morpholine rings is 1. The first-order valence-electron chi connectivity index (χ1n) is 7.58. The number of rotatable bonds is 4. The summed E-state index contributed by atoms with van der Waals surface area (Å²) >= 11 is 0. The molecule has 0 amide bonds. The molecule has 1 unspecified atom stereocenters. The highest BCUT2D eigenvalue weighted by Gasteiger charge is 2.28. The van der Waals surface area contributed by atoms with E-state index in [1.54, 1.807) is 12.4 Å². The second-order valence-corrected chi connectivity index (χ2v) is 5.56. The van der Waals surface area contributed by atoms with Crippen LogP contribution in [0.25, 0.3) is 0 Å². The summed E-state index contributed by atoms with van der Waals surface area (Å²) in [5, 5.41) is 3.21. The van der Waals surface area contributed by atoms with E-state index in [1.165, 1.54) is 0 Å². The van der Waals surface area contributed by atoms with Crippen molar-refractivity contribution >= 4 is 11.6 Å². The van der Waals surface area contributed by atoms with Crippen LogP contribution in [0.15, 0.2) is 36.7 Å². The molecule has 6 nitrogen and oxygen atoms in total. The molecule has 1 N–H and O–H groups in total. The lowest BCUT2D eigenvalue weighted by atomic mass is 10.1. The molecule has 1 aliphatic rings. The highest BCUT2D eigenvalue weighted by Crippen LogP contribution is 2.24. The van der Waals surface area contributed by atoms with Gasteiger partial charge in [-0.3, -0.25) is 4.90 Å². The minimum absolute atomic E-state index is 0.0965. The molecule has 2 aromatic heterocycles. The Morgan fingerprint density at radius 2 is 2.09 bits per heavy atom. The Bertz CT molecular complexity index is 604. The molecule has 0 aliphatic carbocycles. The fraction of sp³-hybridized carbons (Fsp3) is 0.438. The smallest absolute Gasteiger partial charge is 0.150 e. The predicted molar refractivity (Wildman–Crippen MR) is 85.0 cm³/mol. The Morgan fingerprint density at radius 3 is 2.86 bits per heavy atom. The largest absolute Gasteiger partial charge is 0.378 e. The maximum atomic E-state index is 5.62. The number of ether oxygens (including phenoxy) is 1. The first-order chi connectivity index (χ1) is 10.7. The van der Waals surface area contributed by atoms with Gasteiger partial charge in [-0.05, 0) is 32.0 Å². The van der Waals surface area contributed by atoms with Crippen molar-refractivity contribution in [1.29, 1.82) is 0 Å². The van der Waals surface area contributed by atoms with Gasteiger partial charge in [-0.15, -0.1) is 0 Å². The van der Waals surface area contributed by atoms with Gasteiger partial charge in [-0.2, -0.15) is 0 Å². The third-order valence-corrected chi connectivity index (χ3v) is 3.73. The molecule has 3 rings (SSSR count). The monoisotopic (exact) mass is 299 g/mol. The zero-order chi connectivity index (χ0) is 15.4. The van der Waals surface area contributed by atoms with Gasteiger partial charge in [0, 0.05) is 25.0 Å². The van der Waals surface area contributed by atoms with Crippen LogP contribution in [0, 0.1) is 0 Å². The van der Waals surface area contributed by atoms with Crippen molar-refractivity contribution in [3.05, 3.63) is 42.5 Å². The molecule has 1 aliphatic heterocycles. The van der Waals surface area contributed by atoms with E-state index in [1.807, 2.05) is 24.3 Å². The quantitative estimate of drug-likeness (QED) is 0.935. The summed E-state index contributed by atoms with van der Waals surface area (Å²) in [5.41, 5.74) is 0. The van der Waals surface area contributed by atoms with Crippen LogP contribution in [0.3, 0.4) is 0 Å². The molecule has 6 heteroatoms. The molecule has 0 spiro atoms. The van der Waals surface area contributed by atoms with Gasteiger partial charge in [0.2, 0.25) is 0 Å². The van der Waals surface area contributed by atoms with Crippen molar-refractivity contribution in [3.8, 4) is 0 Å². The van der Waals surface area contributed by atoms with Crippen LogP contribution in [-0.4, -0.2) is 45.7 Å². The third kappa shape index (κ3) is 3.40. The van der Waals surface area contributed by atoms with Gasteiger partial charge < -0.3 is 10.1 Å². The summed E-state index contributed by atoms with van der Waals surface area (Å²) in [7, 11) is 0. The molecule has 2 aromatic rings. The van der Waals surface area contributed by atoms with E-state index in [-0.39, 0.29) is 6.04 Å². The van der Waals surface area contributed by atoms with E-state index in [0.717, 1.165) is 30.6 Å². The molecule has 0 radical (unpaired) electrons. The van der Waals surface area contributed by atoms with Crippen molar-refractivity contribution in [2.75, 3.05) is 25.1 Å². The Morgan fingerprint density at radius 1 is 1.18 bits per heavy atom. The number of aromatic nitrogens is 3. The van der Waals surface area contributed by atoms with Crippen molar-refractivity contribution in [2.24, 2.45) is 0 Å². The average molecular weight is 299 g/mol. The van der Waals surface area contributed by atoms with Crippen molar-refractivity contribution < 1.29 is 4.74 Å². The van der Waals surface area contributed by atoms with E-state index in [0.29, 0.717) is 12.6 Å². The van der Waals surface area contributed by atoms with Crippen molar-refractivity contribution in [2.45, 2.75) is 25.9 Å². The lowest BCUT2D eigenvalue weighted by Gasteiger charge is -2.37. The van der Waals surface area contributed by atoms with E-state index in [9.17, 15) is 0 Å². The molecule has 1 saturated heterocycles. The first-order valence-corrected chi connectivity index (χ1v) is 7.58. The van der Waals surface area contributed by atoms with Crippen LogP contribution >= 0.6 is 0 Å². The average Bonchev–Trinajstić information content (AvgIpc) is 2.56. The number of nitrogens with zero attached hydrogens (tertiary/aromatic N) is 4. The van der Waals surface area contributed by atoms with Gasteiger partial charge in [-0.25, -0.2) is 15.0 Å².